The number of nitro groups is 1. The fraction of sp³-hybridized carbons (Fsp3) is 0.250. The molecule has 0 aliphatic rings. The molecule has 1 N–H and O–H groups in total. The first-order chi connectivity index (χ1) is 11.3. The lowest BCUT2D eigenvalue weighted by Crippen LogP contribution is -2.26. The second kappa shape index (κ2) is 7.41. The fourth-order valence-corrected chi connectivity index (χ4v) is 3.54. The van der Waals surface area contributed by atoms with E-state index in [2.05, 4.69) is 4.72 Å². The highest BCUT2D eigenvalue weighted by atomic mass is 32.2. The third kappa shape index (κ3) is 4.09. The normalized spacial score (nSPS) is 11.2. The molecule has 0 unspecified atom stereocenters. The van der Waals surface area contributed by atoms with Gasteiger partial charge in [0.2, 0.25) is 10.0 Å². The average Bonchev–Trinajstić information content (AvgIpc) is 2.55. The van der Waals surface area contributed by atoms with Crippen LogP contribution in [0, 0.1) is 17.0 Å². The van der Waals surface area contributed by atoms with Gasteiger partial charge in [0.1, 0.15) is 5.75 Å². The molecule has 128 valence electrons. The van der Waals surface area contributed by atoms with E-state index in [4.69, 9.17) is 4.74 Å². The van der Waals surface area contributed by atoms with Gasteiger partial charge in [-0.2, -0.15) is 0 Å². The van der Waals surface area contributed by atoms with Crippen molar-refractivity contribution in [2.75, 3.05) is 13.7 Å². The summed E-state index contributed by atoms with van der Waals surface area (Å²) in [6.07, 6.45) is 0.407. The molecule has 2 rings (SSSR count). The van der Waals surface area contributed by atoms with Gasteiger partial charge in [-0.15, -0.1) is 0 Å². The predicted octanol–water partition coefficient (Wildman–Crippen LogP) is 2.43. The number of ether oxygens (including phenoxy) is 1. The first kappa shape index (κ1) is 17.9. The maximum Gasteiger partial charge on any atom is 0.289 e. The van der Waals surface area contributed by atoms with E-state index in [1.54, 1.807) is 7.11 Å². The molecular weight excluding hydrogens is 332 g/mol. The molecule has 7 nitrogen and oxygen atoms in total. The summed E-state index contributed by atoms with van der Waals surface area (Å²) in [5.74, 6) is 0.672. The summed E-state index contributed by atoms with van der Waals surface area (Å²) in [5.41, 5.74) is 1.45. The Morgan fingerprint density at radius 2 is 1.92 bits per heavy atom. The zero-order valence-corrected chi connectivity index (χ0v) is 14.2. The van der Waals surface area contributed by atoms with E-state index >= 15 is 0 Å². The molecule has 8 heteroatoms. The highest BCUT2D eigenvalue weighted by molar-refractivity contribution is 7.89. The van der Waals surface area contributed by atoms with E-state index in [1.165, 1.54) is 18.2 Å². The number of para-hydroxylation sites is 1. The molecule has 24 heavy (non-hydrogen) atoms. The van der Waals surface area contributed by atoms with Crippen molar-refractivity contribution >= 4 is 15.7 Å². The number of sulfonamides is 1. The number of hydrogen-bond acceptors (Lipinski definition) is 5. The van der Waals surface area contributed by atoms with Crippen molar-refractivity contribution in [1.29, 1.82) is 0 Å². The summed E-state index contributed by atoms with van der Waals surface area (Å²) in [7, 11) is -2.42. The predicted molar refractivity (Wildman–Crippen MR) is 89.7 cm³/mol. The van der Waals surface area contributed by atoms with Crippen molar-refractivity contribution in [1.82, 2.24) is 4.72 Å². The Balaban J connectivity index is 2.15. The lowest BCUT2D eigenvalue weighted by Gasteiger charge is -2.11. The van der Waals surface area contributed by atoms with Gasteiger partial charge in [0.25, 0.3) is 5.69 Å². The Kier molecular flexibility index (Phi) is 5.53. The second-order valence-corrected chi connectivity index (χ2v) is 6.92. The molecule has 0 spiro atoms. The molecule has 2 aromatic rings. The third-order valence-corrected chi connectivity index (χ3v) is 4.98. The van der Waals surface area contributed by atoms with E-state index in [0.29, 0.717) is 12.2 Å². The smallest absolute Gasteiger partial charge is 0.289 e. The summed E-state index contributed by atoms with van der Waals surface area (Å²) in [6, 6.07) is 10.9. The Morgan fingerprint density at radius 1 is 1.21 bits per heavy atom. The van der Waals surface area contributed by atoms with Crippen molar-refractivity contribution in [2.45, 2.75) is 18.2 Å². The number of aryl methyl sites for hydroxylation is 1. The third-order valence-electron chi connectivity index (χ3n) is 3.47. The van der Waals surface area contributed by atoms with Crippen LogP contribution in [0.2, 0.25) is 0 Å². The molecule has 0 heterocycles. The second-order valence-electron chi connectivity index (χ2n) is 5.19. The molecule has 0 saturated carbocycles. The molecular formula is C16H18N2O5S. The van der Waals surface area contributed by atoms with Crippen LogP contribution in [-0.2, 0) is 16.4 Å². The van der Waals surface area contributed by atoms with E-state index in [-0.39, 0.29) is 11.4 Å². The number of hydrogen-bond donors (Lipinski definition) is 1. The first-order valence-electron chi connectivity index (χ1n) is 7.22. The van der Waals surface area contributed by atoms with Crippen LogP contribution in [0.15, 0.2) is 47.4 Å². The molecule has 0 atom stereocenters. The quantitative estimate of drug-likeness (QED) is 0.611. The van der Waals surface area contributed by atoms with Crippen LogP contribution in [0.3, 0.4) is 0 Å². The molecule has 0 aliphatic heterocycles. The minimum Gasteiger partial charge on any atom is -0.496 e. The average molecular weight is 350 g/mol. The zero-order valence-electron chi connectivity index (χ0n) is 13.4. The molecule has 0 amide bonds. The number of nitrogens with zero attached hydrogens (tertiary/aromatic N) is 1. The van der Waals surface area contributed by atoms with Gasteiger partial charge in [0.05, 0.1) is 12.0 Å². The molecule has 0 fully saturated rings. The minimum atomic E-state index is -3.97. The Labute approximate surface area is 140 Å². The van der Waals surface area contributed by atoms with Crippen LogP contribution in [-0.4, -0.2) is 27.0 Å². The van der Waals surface area contributed by atoms with Gasteiger partial charge in [0.15, 0.2) is 4.90 Å². The van der Waals surface area contributed by atoms with E-state index < -0.39 is 20.6 Å². The maximum absolute atomic E-state index is 12.3. The van der Waals surface area contributed by atoms with Crippen molar-refractivity contribution in [2.24, 2.45) is 0 Å². The van der Waals surface area contributed by atoms with Crippen LogP contribution in [0.25, 0.3) is 0 Å². The highest BCUT2D eigenvalue weighted by Gasteiger charge is 2.24. The fourth-order valence-electron chi connectivity index (χ4n) is 2.34. The van der Waals surface area contributed by atoms with E-state index in [9.17, 15) is 18.5 Å². The molecule has 0 bridgehead atoms. The topological polar surface area (TPSA) is 98.5 Å². The summed E-state index contributed by atoms with van der Waals surface area (Å²) in [5, 5.41) is 11.0. The number of nitrogens with one attached hydrogen (secondary N) is 1. The van der Waals surface area contributed by atoms with Gasteiger partial charge < -0.3 is 4.74 Å². The molecule has 0 radical (unpaired) electrons. The van der Waals surface area contributed by atoms with Crippen LogP contribution < -0.4 is 9.46 Å². The van der Waals surface area contributed by atoms with Crippen molar-refractivity contribution in [3.8, 4) is 5.75 Å². The van der Waals surface area contributed by atoms with Gasteiger partial charge in [0, 0.05) is 12.6 Å². The maximum atomic E-state index is 12.3. The van der Waals surface area contributed by atoms with Crippen molar-refractivity contribution in [3.05, 3.63) is 63.7 Å². The number of nitro benzene ring substituents is 1. The van der Waals surface area contributed by atoms with Crippen molar-refractivity contribution < 1.29 is 18.1 Å². The van der Waals surface area contributed by atoms with E-state index in [1.807, 2.05) is 25.1 Å². The Bertz CT molecular complexity index is 849. The van der Waals surface area contributed by atoms with Gasteiger partial charge in [-0.25, -0.2) is 13.1 Å². The largest absolute Gasteiger partial charge is 0.496 e. The van der Waals surface area contributed by atoms with Crippen LogP contribution >= 0.6 is 0 Å². The van der Waals surface area contributed by atoms with Gasteiger partial charge in [-0.3, -0.25) is 10.1 Å². The number of benzene rings is 2. The van der Waals surface area contributed by atoms with Crippen LogP contribution in [0.1, 0.15) is 11.1 Å². The monoisotopic (exact) mass is 350 g/mol. The van der Waals surface area contributed by atoms with Gasteiger partial charge in [-0.05, 0) is 31.0 Å². The molecule has 0 aliphatic carbocycles. The van der Waals surface area contributed by atoms with Gasteiger partial charge in [-0.1, -0.05) is 29.8 Å². The number of methoxy groups -OCH3 is 1. The van der Waals surface area contributed by atoms with E-state index in [0.717, 1.165) is 17.2 Å². The van der Waals surface area contributed by atoms with Gasteiger partial charge >= 0.3 is 0 Å². The van der Waals surface area contributed by atoms with Crippen LogP contribution in [0.5, 0.6) is 5.75 Å². The van der Waals surface area contributed by atoms with Crippen LogP contribution in [0.4, 0.5) is 5.69 Å². The lowest BCUT2D eigenvalue weighted by molar-refractivity contribution is -0.387. The zero-order chi connectivity index (χ0) is 17.7. The lowest BCUT2D eigenvalue weighted by atomic mass is 10.1. The SMILES string of the molecule is COc1ccc(C)cc1CCNS(=O)(=O)c1ccccc1[N+](=O)[O-]. The summed E-state index contributed by atoms with van der Waals surface area (Å²) < 4.78 is 32.3. The number of rotatable bonds is 7. The summed E-state index contributed by atoms with van der Waals surface area (Å²) in [6.45, 7) is 2.04. The first-order valence-corrected chi connectivity index (χ1v) is 8.70. The molecule has 2 aromatic carbocycles. The molecule has 0 aromatic heterocycles. The minimum absolute atomic E-state index is 0.105. The molecule has 0 saturated heterocycles. The Hall–Kier alpha value is -2.45. The highest BCUT2D eigenvalue weighted by Crippen LogP contribution is 2.23. The summed E-state index contributed by atoms with van der Waals surface area (Å²) in [4.78, 5) is 9.93. The Morgan fingerprint density at radius 3 is 2.58 bits per heavy atom. The standard InChI is InChI=1S/C16H18N2O5S/c1-12-7-8-15(23-2)13(11-12)9-10-17-24(21,22)16-6-4-3-5-14(16)18(19)20/h3-8,11,17H,9-10H2,1-2H3. The summed E-state index contributed by atoms with van der Waals surface area (Å²) >= 11 is 0. The van der Waals surface area contributed by atoms with Crippen molar-refractivity contribution in [3.63, 3.8) is 0 Å².